The number of carbonyl (C=O) groups is 1. The topological polar surface area (TPSA) is 57.7 Å². The van der Waals surface area contributed by atoms with Gasteiger partial charge in [-0.15, -0.1) is 11.8 Å². The molecule has 2 aliphatic heterocycles. The molecule has 2 aliphatic rings. The first-order valence-corrected chi connectivity index (χ1v) is 13.2. The molecular weight excluding hydrogens is 444 g/mol. The number of unbranched alkanes of at least 4 members (excludes halogenated alkanes) is 2. The summed E-state index contributed by atoms with van der Waals surface area (Å²) in [5, 5.41) is 4.10. The van der Waals surface area contributed by atoms with E-state index in [0.717, 1.165) is 79.8 Å². The van der Waals surface area contributed by atoms with E-state index in [1.165, 1.54) is 18.2 Å². The molecule has 6 nitrogen and oxygen atoms in total. The Morgan fingerprint density at radius 2 is 1.79 bits per heavy atom. The molecule has 178 valence electrons. The Kier molecular flexibility index (Phi) is 7.63. The summed E-state index contributed by atoms with van der Waals surface area (Å²) in [6.45, 7) is 7.31. The minimum absolute atomic E-state index is 0.0644. The fraction of sp³-hybridized carbons (Fsp3) is 0.407. The van der Waals surface area contributed by atoms with Crippen LogP contribution < -0.4 is 10.1 Å². The highest BCUT2D eigenvalue weighted by molar-refractivity contribution is 8.00. The summed E-state index contributed by atoms with van der Waals surface area (Å²) in [5.74, 6) is 1.43. The van der Waals surface area contributed by atoms with Crippen molar-refractivity contribution >= 4 is 34.3 Å². The molecule has 5 rings (SSSR count). The quantitative estimate of drug-likeness (QED) is 0.454. The maximum absolute atomic E-state index is 11.5. The van der Waals surface area contributed by atoms with Crippen LogP contribution in [0.3, 0.4) is 0 Å². The summed E-state index contributed by atoms with van der Waals surface area (Å²) >= 11 is 1.57. The van der Waals surface area contributed by atoms with Crippen molar-refractivity contribution in [3.8, 4) is 5.75 Å². The minimum atomic E-state index is 0.0644. The van der Waals surface area contributed by atoms with Gasteiger partial charge in [0.25, 0.3) is 0 Å². The normalized spacial score (nSPS) is 16.9. The summed E-state index contributed by atoms with van der Waals surface area (Å²) in [6, 6.07) is 18.6. The second-order valence-electron chi connectivity index (χ2n) is 9.02. The van der Waals surface area contributed by atoms with Crippen LogP contribution in [-0.4, -0.2) is 65.8 Å². The average molecular weight is 477 g/mol. The number of anilines is 1. The van der Waals surface area contributed by atoms with Crippen LogP contribution in [0.4, 0.5) is 5.69 Å². The number of amides is 1. The molecule has 1 amide bonds. The van der Waals surface area contributed by atoms with E-state index in [1.807, 2.05) is 18.2 Å². The van der Waals surface area contributed by atoms with E-state index < -0.39 is 0 Å². The Morgan fingerprint density at radius 3 is 2.71 bits per heavy atom. The average Bonchev–Trinajstić information content (AvgIpc) is 2.87. The molecule has 0 bridgehead atoms. The van der Waals surface area contributed by atoms with Crippen molar-refractivity contribution in [2.24, 2.45) is 0 Å². The molecule has 0 radical (unpaired) electrons. The number of thioether (sulfide) groups is 1. The van der Waals surface area contributed by atoms with E-state index in [0.29, 0.717) is 5.75 Å². The standard InChI is InChI=1S/C27H32N4O2S/c32-27-20-34-26-18-23(10-11-25(26)29-27)33-17-5-1-4-12-30-13-15-31(16-14-30)19-22-9-8-21-6-2-3-7-24(21)28-22/h2-3,6-11,18H,1,4-5,12-17,19-20H2,(H,29,32). The van der Waals surface area contributed by atoms with Crippen LogP contribution in [0.25, 0.3) is 10.9 Å². The Hall–Kier alpha value is -2.61. The van der Waals surface area contributed by atoms with E-state index in [2.05, 4.69) is 51.5 Å². The number of nitrogens with zero attached hydrogens (tertiary/aromatic N) is 3. The first kappa shape index (κ1) is 23.1. The number of fused-ring (bicyclic) bond motifs is 2. The fourth-order valence-electron chi connectivity index (χ4n) is 4.55. The number of hydrogen-bond donors (Lipinski definition) is 1. The van der Waals surface area contributed by atoms with Crippen molar-refractivity contribution in [1.82, 2.24) is 14.8 Å². The van der Waals surface area contributed by atoms with Crippen molar-refractivity contribution < 1.29 is 9.53 Å². The summed E-state index contributed by atoms with van der Waals surface area (Å²) in [6.07, 6.45) is 3.45. The molecule has 1 N–H and O–H groups in total. The zero-order chi connectivity index (χ0) is 23.2. The number of rotatable bonds is 9. The predicted molar refractivity (Wildman–Crippen MR) is 139 cm³/mol. The van der Waals surface area contributed by atoms with Crippen molar-refractivity contribution in [3.05, 3.63) is 60.3 Å². The first-order valence-electron chi connectivity index (χ1n) is 12.2. The number of hydrogen-bond acceptors (Lipinski definition) is 6. The van der Waals surface area contributed by atoms with Gasteiger partial charge in [0.2, 0.25) is 5.91 Å². The molecule has 2 aromatic carbocycles. The lowest BCUT2D eigenvalue weighted by molar-refractivity contribution is -0.113. The molecule has 3 heterocycles. The van der Waals surface area contributed by atoms with Crippen LogP contribution in [0.15, 0.2) is 59.5 Å². The monoisotopic (exact) mass is 476 g/mol. The highest BCUT2D eigenvalue weighted by Crippen LogP contribution is 2.34. The highest BCUT2D eigenvalue weighted by atomic mass is 32.2. The van der Waals surface area contributed by atoms with E-state index in [1.54, 1.807) is 11.8 Å². The third kappa shape index (κ3) is 6.09. The molecule has 1 fully saturated rings. The Morgan fingerprint density at radius 1 is 0.941 bits per heavy atom. The molecule has 34 heavy (non-hydrogen) atoms. The van der Waals surface area contributed by atoms with Crippen LogP contribution >= 0.6 is 11.8 Å². The third-order valence-electron chi connectivity index (χ3n) is 6.48. The predicted octanol–water partition coefficient (Wildman–Crippen LogP) is 4.65. The Bertz CT molecular complexity index is 1130. The summed E-state index contributed by atoms with van der Waals surface area (Å²) in [5.41, 5.74) is 3.14. The van der Waals surface area contributed by atoms with Gasteiger partial charge < -0.3 is 15.0 Å². The summed E-state index contributed by atoms with van der Waals surface area (Å²) in [4.78, 5) is 22.5. The molecule has 0 saturated carbocycles. The van der Waals surface area contributed by atoms with E-state index in [9.17, 15) is 4.79 Å². The number of ether oxygens (including phenoxy) is 1. The lowest BCUT2D eigenvalue weighted by atomic mass is 10.2. The molecule has 0 spiro atoms. The van der Waals surface area contributed by atoms with Gasteiger partial charge in [-0.2, -0.15) is 0 Å². The van der Waals surface area contributed by atoms with Crippen LogP contribution in [0, 0.1) is 0 Å². The molecule has 1 aromatic heterocycles. The lowest BCUT2D eigenvalue weighted by Crippen LogP contribution is -2.46. The van der Waals surface area contributed by atoms with Gasteiger partial charge in [-0.25, -0.2) is 0 Å². The van der Waals surface area contributed by atoms with Gasteiger partial charge in [0, 0.05) is 43.0 Å². The molecule has 0 atom stereocenters. The van der Waals surface area contributed by atoms with Gasteiger partial charge in [0.1, 0.15) is 5.75 Å². The van der Waals surface area contributed by atoms with Gasteiger partial charge in [0.15, 0.2) is 0 Å². The van der Waals surface area contributed by atoms with Gasteiger partial charge in [-0.1, -0.05) is 24.3 Å². The second kappa shape index (κ2) is 11.2. The number of benzene rings is 2. The number of piperazine rings is 1. The zero-order valence-electron chi connectivity index (χ0n) is 19.5. The van der Waals surface area contributed by atoms with Crippen LogP contribution in [0.2, 0.25) is 0 Å². The zero-order valence-corrected chi connectivity index (χ0v) is 20.4. The molecular formula is C27H32N4O2S. The molecule has 1 saturated heterocycles. The summed E-state index contributed by atoms with van der Waals surface area (Å²) < 4.78 is 5.94. The summed E-state index contributed by atoms with van der Waals surface area (Å²) in [7, 11) is 0. The highest BCUT2D eigenvalue weighted by Gasteiger charge is 2.17. The number of nitrogens with one attached hydrogen (secondary N) is 1. The van der Waals surface area contributed by atoms with Crippen LogP contribution in [0.1, 0.15) is 25.0 Å². The number of aromatic nitrogens is 1. The Labute approximate surface area is 205 Å². The van der Waals surface area contributed by atoms with E-state index in [-0.39, 0.29) is 5.91 Å². The molecule has 7 heteroatoms. The first-order chi connectivity index (χ1) is 16.7. The third-order valence-corrected chi connectivity index (χ3v) is 7.54. The van der Waals surface area contributed by atoms with Crippen LogP contribution in [0.5, 0.6) is 5.75 Å². The number of carbonyl (C=O) groups excluding carboxylic acids is 1. The van der Waals surface area contributed by atoms with Crippen LogP contribution in [-0.2, 0) is 11.3 Å². The van der Waals surface area contributed by atoms with Crippen molar-refractivity contribution in [3.63, 3.8) is 0 Å². The second-order valence-corrected chi connectivity index (χ2v) is 10.0. The number of para-hydroxylation sites is 1. The lowest BCUT2D eigenvalue weighted by Gasteiger charge is -2.34. The van der Waals surface area contributed by atoms with Crippen molar-refractivity contribution in [1.29, 1.82) is 0 Å². The van der Waals surface area contributed by atoms with Crippen molar-refractivity contribution in [2.45, 2.75) is 30.7 Å². The van der Waals surface area contributed by atoms with Gasteiger partial charge in [0.05, 0.1) is 29.3 Å². The van der Waals surface area contributed by atoms with E-state index in [4.69, 9.17) is 9.72 Å². The largest absolute Gasteiger partial charge is 0.494 e. The molecule has 3 aromatic rings. The van der Waals surface area contributed by atoms with Gasteiger partial charge >= 0.3 is 0 Å². The minimum Gasteiger partial charge on any atom is -0.494 e. The smallest absolute Gasteiger partial charge is 0.234 e. The fourth-order valence-corrected chi connectivity index (χ4v) is 5.38. The SMILES string of the molecule is O=C1CSc2cc(OCCCCCN3CCN(Cc4ccc5ccccc5n4)CC3)ccc2N1. The van der Waals surface area contributed by atoms with E-state index >= 15 is 0 Å². The van der Waals surface area contributed by atoms with Crippen molar-refractivity contribution in [2.75, 3.05) is 50.4 Å². The molecule has 0 unspecified atom stereocenters. The maximum Gasteiger partial charge on any atom is 0.234 e. The maximum atomic E-state index is 11.5. The molecule has 0 aliphatic carbocycles. The van der Waals surface area contributed by atoms with Gasteiger partial charge in [-0.05, 0) is 56.1 Å². The Balaban J connectivity index is 0.960. The number of pyridine rings is 1. The van der Waals surface area contributed by atoms with Gasteiger partial charge in [-0.3, -0.25) is 14.7 Å².